The second-order valence-electron chi connectivity index (χ2n) is 8.44. The van der Waals surface area contributed by atoms with Gasteiger partial charge >= 0.3 is 0 Å². The van der Waals surface area contributed by atoms with E-state index in [-0.39, 0.29) is 24.2 Å². The van der Waals surface area contributed by atoms with Gasteiger partial charge in [0.2, 0.25) is 0 Å². The highest BCUT2D eigenvalue weighted by Gasteiger charge is 2.42. The van der Waals surface area contributed by atoms with Crippen molar-refractivity contribution in [2.75, 3.05) is 13.2 Å². The maximum atomic E-state index is 13.7. The Balaban J connectivity index is 1.53. The summed E-state index contributed by atoms with van der Waals surface area (Å²) in [6, 6.07) is 21.3. The molecular formula is C28H25FN2O3. The summed E-state index contributed by atoms with van der Waals surface area (Å²) in [4.78, 5) is 30.5. The summed E-state index contributed by atoms with van der Waals surface area (Å²) in [5.41, 5.74) is 4.61. The molecule has 6 heteroatoms. The Morgan fingerprint density at radius 2 is 1.59 bits per heavy atom. The van der Waals surface area contributed by atoms with Gasteiger partial charge < -0.3 is 9.64 Å². The summed E-state index contributed by atoms with van der Waals surface area (Å²) in [5, 5.41) is 0. The lowest BCUT2D eigenvalue weighted by molar-refractivity contribution is -0.138. The Hall–Kier alpha value is -3.93. The molecule has 0 fully saturated rings. The number of amides is 2. The molecule has 5 rings (SSSR count). The van der Waals surface area contributed by atoms with Crippen LogP contribution in [0.25, 0.3) is 5.57 Å². The van der Waals surface area contributed by atoms with Crippen LogP contribution in [0.4, 0.5) is 4.39 Å². The quantitative estimate of drug-likeness (QED) is 0.510. The van der Waals surface area contributed by atoms with E-state index in [0.29, 0.717) is 47.8 Å². The molecule has 34 heavy (non-hydrogen) atoms. The van der Waals surface area contributed by atoms with E-state index in [9.17, 15) is 14.0 Å². The Bertz CT molecular complexity index is 1270. The first-order valence-corrected chi connectivity index (χ1v) is 11.4. The van der Waals surface area contributed by atoms with Gasteiger partial charge in [-0.15, -0.1) is 0 Å². The fourth-order valence-electron chi connectivity index (χ4n) is 4.60. The van der Waals surface area contributed by atoms with Crippen molar-refractivity contribution in [3.8, 4) is 5.75 Å². The largest absolute Gasteiger partial charge is 0.494 e. The molecule has 2 heterocycles. The summed E-state index contributed by atoms with van der Waals surface area (Å²) >= 11 is 0. The minimum absolute atomic E-state index is 0.0897. The number of fused-ring (bicyclic) bond motifs is 1. The van der Waals surface area contributed by atoms with Crippen LogP contribution in [0.1, 0.15) is 29.2 Å². The van der Waals surface area contributed by atoms with E-state index in [4.69, 9.17) is 4.74 Å². The topological polar surface area (TPSA) is 49.9 Å². The van der Waals surface area contributed by atoms with Crippen molar-refractivity contribution in [1.29, 1.82) is 0 Å². The zero-order valence-electron chi connectivity index (χ0n) is 19.0. The molecule has 0 aromatic heterocycles. The van der Waals surface area contributed by atoms with Gasteiger partial charge in [0.05, 0.1) is 18.7 Å². The molecule has 0 saturated carbocycles. The third-order valence-corrected chi connectivity index (χ3v) is 6.30. The molecule has 2 aliphatic rings. The number of ether oxygens (including phenoxy) is 1. The summed E-state index contributed by atoms with van der Waals surface area (Å²) in [7, 11) is 0. The van der Waals surface area contributed by atoms with Crippen LogP contribution in [0.3, 0.4) is 0 Å². The second-order valence-corrected chi connectivity index (χ2v) is 8.44. The Kier molecular flexibility index (Phi) is 5.88. The number of carbonyl (C=O) groups is 2. The maximum Gasteiger partial charge on any atom is 0.278 e. The Morgan fingerprint density at radius 3 is 2.29 bits per heavy atom. The highest BCUT2D eigenvalue weighted by atomic mass is 19.1. The molecule has 0 radical (unpaired) electrons. The van der Waals surface area contributed by atoms with E-state index in [1.54, 1.807) is 12.1 Å². The Labute approximate surface area is 198 Å². The van der Waals surface area contributed by atoms with E-state index in [1.807, 2.05) is 48.2 Å². The number of halogens is 1. The van der Waals surface area contributed by atoms with Crippen molar-refractivity contribution in [2.24, 2.45) is 0 Å². The molecular weight excluding hydrogens is 431 g/mol. The molecule has 3 aromatic rings. The van der Waals surface area contributed by atoms with Crippen LogP contribution < -0.4 is 4.74 Å². The SMILES string of the molecule is CCOc1ccc(C2=C(N3CCc4ccccc4C3)C(=O)N(Cc3ccc(F)cc3)C2=O)cc1. The lowest BCUT2D eigenvalue weighted by Gasteiger charge is -2.31. The molecule has 0 bridgehead atoms. The van der Waals surface area contributed by atoms with Crippen LogP contribution in [0.5, 0.6) is 5.75 Å². The van der Waals surface area contributed by atoms with Gasteiger partial charge in [0.15, 0.2) is 0 Å². The number of imide groups is 1. The van der Waals surface area contributed by atoms with Gasteiger partial charge in [0.1, 0.15) is 17.3 Å². The molecule has 2 aliphatic heterocycles. The standard InChI is InChI=1S/C28H25FN2O3/c1-2-34-24-13-9-21(10-14-24)25-26(30-16-15-20-5-3-4-6-22(20)18-30)28(33)31(27(25)32)17-19-7-11-23(29)12-8-19/h3-14H,2,15-18H2,1H3. The zero-order valence-corrected chi connectivity index (χ0v) is 19.0. The average molecular weight is 457 g/mol. The first kappa shape index (κ1) is 21.9. The predicted molar refractivity (Wildman–Crippen MR) is 127 cm³/mol. The number of benzene rings is 3. The van der Waals surface area contributed by atoms with Crippen molar-refractivity contribution < 1.29 is 18.7 Å². The molecule has 0 N–H and O–H groups in total. The number of rotatable bonds is 6. The first-order valence-electron chi connectivity index (χ1n) is 11.4. The number of nitrogens with zero attached hydrogens (tertiary/aromatic N) is 2. The summed E-state index contributed by atoms with van der Waals surface area (Å²) in [6.45, 7) is 3.76. The number of hydrogen-bond acceptors (Lipinski definition) is 4. The number of carbonyl (C=O) groups excluding carboxylic acids is 2. The van der Waals surface area contributed by atoms with E-state index in [1.165, 1.54) is 22.6 Å². The molecule has 0 unspecified atom stereocenters. The minimum atomic E-state index is -0.358. The van der Waals surface area contributed by atoms with Crippen LogP contribution >= 0.6 is 0 Å². The van der Waals surface area contributed by atoms with Crippen molar-refractivity contribution >= 4 is 17.4 Å². The third-order valence-electron chi connectivity index (χ3n) is 6.30. The third kappa shape index (κ3) is 4.07. The van der Waals surface area contributed by atoms with Gasteiger partial charge in [-0.1, -0.05) is 48.5 Å². The zero-order chi connectivity index (χ0) is 23.7. The van der Waals surface area contributed by atoms with Gasteiger partial charge in [0.25, 0.3) is 11.8 Å². The van der Waals surface area contributed by atoms with E-state index < -0.39 is 0 Å². The van der Waals surface area contributed by atoms with Gasteiger partial charge in [-0.05, 0) is 59.9 Å². The van der Waals surface area contributed by atoms with Crippen molar-refractivity contribution in [2.45, 2.75) is 26.4 Å². The molecule has 5 nitrogen and oxygen atoms in total. The van der Waals surface area contributed by atoms with Crippen molar-refractivity contribution in [3.63, 3.8) is 0 Å². The van der Waals surface area contributed by atoms with Crippen LogP contribution in [-0.2, 0) is 29.1 Å². The van der Waals surface area contributed by atoms with Crippen LogP contribution in [0.2, 0.25) is 0 Å². The lowest BCUT2D eigenvalue weighted by atomic mass is 9.98. The van der Waals surface area contributed by atoms with E-state index >= 15 is 0 Å². The predicted octanol–water partition coefficient (Wildman–Crippen LogP) is 4.56. The van der Waals surface area contributed by atoms with Crippen LogP contribution in [0, 0.1) is 5.82 Å². The fraction of sp³-hybridized carbons (Fsp3) is 0.214. The average Bonchev–Trinajstić information content (AvgIpc) is 3.10. The molecule has 3 aromatic carbocycles. The van der Waals surface area contributed by atoms with Gasteiger partial charge in [-0.3, -0.25) is 14.5 Å². The molecule has 0 saturated heterocycles. The minimum Gasteiger partial charge on any atom is -0.494 e. The molecule has 0 spiro atoms. The normalized spacial score (nSPS) is 15.7. The van der Waals surface area contributed by atoms with Crippen molar-refractivity contribution in [3.05, 3.63) is 107 Å². The Morgan fingerprint density at radius 1 is 0.882 bits per heavy atom. The first-order chi connectivity index (χ1) is 16.5. The molecule has 172 valence electrons. The van der Waals surface area contributed by atoms with Crippen molar-refractivity contribution in [1.82, 2.24) is 9.80 Å². The monoisotopic (exact) mass is 456 g/mol. The fourth-order valence-corrected chi connectivity index (χ4v) is 4.60. The van der Waals surface area contributed by atoms with Gasteiger partial charge in [0, 0.05) is 13.1 Å². The van der Waals surface area contributed by atoms with E-state index in [2.05, 4.69) is 12.1 Å². The lowest BCUT2D eigenvalue weighted by Crippen LogP contribution is -2.37. The van der Waals surface area contributed by atoms with Crippen LogP contribution in [-0.4, -0.2) is 34.8 Å². The second kappa shape index (κ2) is 9.14. The van der Waals surface area contributed by atoms with Gasteiger partial charge in [-0.2, -0.15) is 0 Å². The molecule has 0 aliphatic carbocycles. The van der Waals surface area contributed by atoms with Gasteiger partial charge in [-0.25, -0.2) is 4.39 Å². The maximum absolute atomic E-state index is 13.7. The number of hydrogen-bond donors (Lipinski definition) is 0. The summed E-state index contributed by atoms with van der Waals surface area (Å²) in [6.07, 6.45) is 0.801. The van der Waals surface area contributed by atoms with E-state index in [0.717, 1.165) is 12.0 Å². The summed E-state index contributed by atoms with van der Waals surface area (Å²) < 4.78 is 18.9. The highest BCUT2D eigenvalue weighted by Crippen LogP contribution is 2.35. The summed E-state index contributed by atoms with van der Waals surface area (Å²) in [5.74, 6) is -0.311. The van der Waals surface area contributed by atoms with Crippen LogP contribution in [0.15, 0.2) is 78.5 Å². The highest BCUT2D eigenvalue weighted by molar-refractivity contribution is 6.35. The smallest absolute Gasteiger partial charge is 0.278 e. The molecule has 0 atom stereocenters. The molecule has 2 amide bonds.